The number of nitrogens with two attached hydrogens (primary N) is 1. The molecular formula is C16H10F5N3O2S. The van der Waals surface area contributed by atoms with Crippen LogP contribution in [0, 0.1) is 11.6 Å². The van der Waals surface area contributed by atoms with Crippen molar-refractivity contribution in [1.29, 1.82) is 0 Å². The molecule has 5 nitrogen and oxygen atoms in total. The van der Waals surface area contributed by atoms with Crippen molar-refractivity contribution >= 4 is 10.0 Å². The number of halogens is 5. The minimum atomic E-state index is -4.92. The van der Waals surface area contributed by atoms with E-state index in [0.717, 1.165) is 30.5 Å². The molecule has 0 atom stereocenters. The maximum Gasteiger partial charge on any atom is 0.450 e. The van der Waals surface area contributed by atoms with Gasteiger partial charge in [0.2, 0.25) is 15.8 Å². The molecule has 0 bridgehead atoms. The van der Waals surface area contributed by atoms with Gasteiger partial charge in [0.1, 0.15) is 11.6 Å². The number of nitrogens with zero attached hydrogens (tertiary/aromatic N) is 2. The first-order valence-electron chi connectivity index (χ1n) is 7.22. The average molecular weight is 403 g/mol. The highest BCUT2D eigenvalue weighted by Gasteiger charge is 2.38. The Kier molecular flexibility index (Phi) is 4.52. The number of primary sulfonamides is 1. The molecule has 0 fully saturated rings. The zero-order valence-electron chi connectivity index (χ0n) is 13.2. The summed E-state index contributed by atoms with van der Waals surface area (Å²) in [5, 5.41) is 4.97. The van der Waals surface area contributed by atoms with Crippen LogP contribution < -0.4 is 5.14 Å². The monoisotopic (exact) mass is 403 g/mol. The maximum atomic E-state index is 14.0. The Balaban J connectivity index is 2.15. The Bertz CT molecular complexity index is 1110. The Morgan fingerprint density at radius 1 is 1.00 bits per heavy atom. The first-order valence-corrected chi connectivity index (χ1v) is 8.77. The SMILES string of the molecule is NS(=O)(=O)c1ccc(-c2cn(-c3ccc(F)cc3F)c(C(F)(F)F)n2)cc1. The van der Waals surface area contributed by atoms with E-state index < -0.39 is 39.3 Å². The molecule has 0 radical (unpaired) electrons. The second-order valence-electron chi connectivity index (χ2n) is 5.48. The van der Waals surface area contributed by atoms with Gasteiger partial charge < -0.3 is 0 Å². The molecule has 142 valence electrons. The molecule has 1 aromatic heterocycles. The summed E-state index contributed by atoms with van der Waals surface area (Å²) in [6, 6.07) is 6.77. The van der Waals surface area contributed by atoms with Crippen molar-refractivity contribution in [3.63, 3.8) is 0 Å². The van der Waals surface area contributed by atoms with E-state index in [1.165, 1.54) is 12.1 Å². The fourth-order valence-electron chi connectivity index (χ4n) is 2.39. The molecule has 0 spiro atoms. The third-order valence-electron chi connectivity index (χ3n) is 3.61. The summed E-state index contributed by atoms with van der Waals surface area (Å²) in [4.78, 5) is 3.25. The molecule has 2 N–H and O–H groups in total. The molecule has 11 heteroatoms. The molecule has 0 aliphatic heterocycles. The van der Waals surface area contributed by atoms with E-state index in [-0.39, 0.29) is 16.2 Å². The van der Waals surface area contributed by atoms with E-state index in [1.807, 2.05) is 0 Å². The predicted molar refractivity (Wildman–Crippen MR) is 85.3 cm³/mol. The summed E-state index contributed by atoms with van der Waals surface area (Å²) >= 11 is 0. The van der Waals surface area contributed by atoms with E-state index in [4.69, 9.17) is 5.14 Å². The van der Waals surface area contributed by atoms with Crippen LogP contribution in [0.2, 0.25) is 0 Å². The van der Waals surface area contributed by atoms with Crippen LogP contribution >= 0.6 is 0 Å². The number of hydrogen-bond donors (Lipinski definition) is 1. The highest BCUT2D eigenvalue weighted by atomic mass is 32.2. The lowest BCUT2D eigenvalue weighted by atomic mass is 10.2. The summed E-state index contributed by atoms with van der Waals surface area (Å²) in [7, 11) is -3.97. The van der Waals surface area contributed by atoms with Crippen LogP contribution in [0.4, 0.5) is 22.0 Å². The fourth-order valence-corrected chi connectivity index (χ4v) is 2.91. The quantitative estimate of drug-likeness (QED) is 0.680. The highest BCUT2D eigenvalue weighted by molar-refractivity contribution is 7.89. The van der Waals surface area contributed by atoms with Crippen LogP contribution in [0.15, 0.2) is 53.6 Å². The lowest BCUT2D eigenvalue weighted by Gasteiger charge is -2.10. The zero-order valence-corrected chi connectivity index (χ0v) is 14.0. The lowest BCUT2D eigenvalue weighted by molar-refractivity contribution is -0.145. The molecule has 0 amide bonds. The van der Waals surface area contributed by atoms with Crippen molar-refractivity contribution in [1.82, 2.24) is 9.55 Å². The van der Waals surface area contributed by atoms with Gasteiger partial charge in [-0.05, 0) is 24.3 Å². The van der Waals surface area contributed by atoms with Gasteiger partial charge in [-0.2, -0.15) is 13.2 Å². The van der Waals surface area contributed by atoms with Gasteiger partial charge in [0, 0.05) is 17.8 Å². The van der Waals surface area contributed by atoms with Gasteiger partial charge in [-0.25, -0.2) is 27.3 Å². The molecule has 27 heavy (non-hydrogen) atoms. The smallest absolute Gasteiger partial charge is 0.293 e. The normalized spacial score (nSPS) is 12.4. The largest absolute Gasteiger partial charge is 0.450 e. The number of benzene rings is 2. The molecule has 0 saturated carbocycles. The Hall–Kier alpha value is -2.79. The topological polar surface area (TPSA) is 78.0 Å². The van der Waals surface area contributed by atoms with Gasteiger partial charge in [-0.3, -0.25) is 4.57 Å². The van der Waals surface area contributed by atoms with Crippen molar-refractivity contribution in [2.75, 3.05) is 0 Å². The Morgan fingerprint density at radius 2 is 1.63 bits per heavy atom. The van der Waals surface area contributed by atoms with E-state index in [2.05, 4.69) is 4.98 Å². The van der Waals surface area contributed by atoms with Gasteiger partial charge >= 0.3 is 6.18 Å². The van der Waals surface area contributed by atoms with Gasteiger partial charge in [0.15, 0.2) is 0 Å². The number of rotatable bonds is 3. The summed E-state index contributed by atoms with van der Waals surface area (Å²) in [5.74, 6) is -3.56. The van der Waals surface area contributed by atoms with E-state index in [1.54, 1.807) is 0 Å². The molecule has 0 aliphatic rings. The van der Waals surface area contributed by atoms with Gasteiger partial charge in [-0.1, -0.05) is 12.1 Å². The zero-order chi connectivity index (χ0) is 20.0. The third-order valence-corrected chi connectivity index (χ3v) is 4.54. The molecular weight excluding hydrogens is 393 g/mol. The molecule has 1 heterocycles. The van der Waals surface area contributed by atoms with E-state index in [9.17, 15) is 30.4 Å². The number of hydrogen-bond acceptors (Lipinski definition) is 3. The first kappa shape index (κ1) is 19.0. The number of imidazole rings is 1. The van der Waals surface area contributed by atoms with E-state index in [0.29, 0.717) is 10.6 Å². The standard InChI is InChI=1S/C16H10F5N3O2S/c17-10-3-6-14(12(18)7-10)24-8-13(23-15(24)16(19,20)21)9-1-4-11(5-2-9)27(22,25)26/h1-8H,(H2,22,25,26). The van der Waals surface area contributed by atoms with Crippen molar-refractivity contribution < 1.29 is 30.4 Å². The Morgan fingerprint density at radius 3 is 2.15 bits per heavy atom. The maximum absolute atomic E-state index is 14.0. The molecule has 0 aliphatic carbocycles. The Labute approximate surface area is 149 Å². The van der Waals surface area contributed by atoms with Crippen LogP contribution in [0.1, 0.15) is 5.82 Å². The van der Waals surface area contributed by atoms with Crippen LogP contribution in [0.25, 0.3) is 16.9 Å². The molecule has 0 saturated heterocycles. The second kappa shape index (κ2) is 6.43. The van der Waals surface area contributed by atoms with Crippen LogP contribution in [0.3, 0.4) is 0 Å². The fraction of sp³-hybridized carbons (Fsp3) is 0.0625. The van der Waals surface area contributed by atoms with E-state index >= 15 is 0 Å². The number of sulfonamides is 1. The van der Waals surface area contributed by atoms with Crippen molar-refractivity contribution in [2.45, 2.75) is 11.1 Å². The molecule has 3 rings (SSSR count). The molecule has 2 aromatic carbocycles. The van der Waals surface area contributed by atoms with Crippen LogP contribution in [-0.2, 0) is 16.2 Å². The molecule has 0 unspecified atom stereocenters. The van der Waals surface area contributed by atoms with Crippen LogP contribution in [-0.4, -0.2) is 18.0 Å². The minimum absolute atomic E-state index is 0.147. The van der Waals surface area contributed by atoms with Crippen molar-refractivity contribution in [3.8, 4) is 16.9 Å². The van der Waals surface area contributed by atoms with Gasteiger partial charge in [0.25, 0.3) is 0 Å². The lowest BCUT2D eigenvalue weighted by Crippen LogP contribution is -2.14. The van der Waals surface area contributed by atoms with Gasteiger partial charge in [-0.15, -0.1) is 0 Å². The summed E-state index contributed by atoms with van der Waals surface area (Å²) in [6.07, 6.45) is -4.00. The highest BCUT2D eigenvalue weighted by Crippen LogP contribution is 2.34. The summed E-state index contributed by atoms with van der Waals surface area (Å²) < 4.78 is 89.9. The predicted octanol–water partition coefficient (Wildman–Crippen LogP) is 3.48. The summed E-state index contributed by atoms with van der Waals surface area (Å²) in [6.45, 7) is 0. The summed E-state index contributed by atoms with van der Waals surface area (Å²) in [5.41, 5.74) is -0.579. The average Bonchev–Trinajstić information content (AvgIpc) is 2.99. The third kappa shape index (κ3) is 3.83. The van der Waals surface area contributed by atoms with Crippen molar-refractivity contribution in [3.05, 3.63) is 66.1 Å². The first-order chi connectivity index (χ1) is 12.5. The number of aromatic nitrogens is 2. The second-order valence-corrected chi connectivity index (χ2v) is 7.04. The van der Waals surface area contributed by atoms with Gasteiger partial charge in [0.05, 0.1) is 16.3 Å². The van der Waals surface area contributed by atoms with Crippen LogP contribution in [0.5, 0.6) is 0 Å². The number of alkyl halides is 3. The minimum Gasteiger partial charge on any atom is -0.293 e. The molecule has 3 aromatic rings. The van der Waals surface area contributed by atoms with Crippen molar-refractivity contribution in [2.24, 2.45) is 5.14 Å².